The lowest BCUT2D eigenvalue weighted by Crippen LogP contribution is -2.21. The molecule has 1 atom stereocenters. The third-order valence-corrected chi connectivity index (χ3v) is 4.83. The van der Waals surface area contributed by atoms with Gasteiger partial charge in [-0.3, -0.25) is 0 Å². The fraction of sp³-hybridized carbons (Fsp3) is 0.667. The summed E-state index contributed by atoms with van der Waals surface area (Å²) in [5.41, 5.74) is 5.35. The van der Waals surface area contributed by atoms with Crippen molar-refractivity contribution < 1.29 is 12.8 Å². The van der Waals surface area contributed by atoms with E-state index in [4.69, 9.17) is 10.2 Å². The maximum Gasteiger partial charge on any atom is 0.208 e. The third kappa shape index (κ3) is 2.05. The minimum Gasteiger partial charge on any atom is -0.443 e. The molecule has 0 aromatic carbocycles. The van der Waals surface area contributed by atoms with Crippen molar-refractivity contribution >= 4 is 9.84 Å². The van der Waals surface area contributed by atoms with Crippen molar-refractivity contribution in [2.24, 2.45) is 5.73 Å². The van der Waals surface area contributed by atoms with Gasteiger partial charge in [-0.05, 0) is 12.8 Å². The van der Waals surface area contributed by atoms with E-state index in [0.717, 1.165) is 12.8 Å². The van der Waals surface area contributed by atoms with Gasteiger partial charge in [0.25, 0.3) is 0 Å². The quantitative estimate of drug-likeness (QED) is 0.811. The number of oxazole rings is 1. The fourth-order valence-corrected chi connectivity index (χ4v) is 3.72. The van der Waals surface area contributed by atoms with Gasteiger partial charge in [-0.1, -0.05) is 6.42 Å². The molecule has 0 bridgehead atoms. The van der Waals surface area contributed by atoms with Crippen LogP contribution in [0, 0.1) is 0 Å². The summed E-state index contributed by atoms with van der Waals surface area (Å²) in [5, 5.41) is -0.515. The molecule has 0 aliphatic carbocycles. The Morgan fingerprint density at radius 1 is 1.53 bits per heavy atom. The lowest BCUT2D eigenvalue weighted by atomic mass is 10.1. The van der Waals surface area contributed by atoms with E-state index in [0.29, 0.717) is 18.1 Å². The van der Waals surface area contributed by atoms with Crippen molar-refractivity contribution in [2.75, 3.05) is 5.75 Å². The average molecular weight is 230 g/mol. The Morgan fingerprint density at radius 3 is 2.93 bits per heavy atom. The third-order valence-electron chi connectivity index (χ3n) is 2.64. The summed E-state index contributed by atoms with van der Waals surface area (Å²) in [6.45, 7) is 0.201. The summed E-state index contributed by atoms with van der Waals surface area (Å²) in [6, 6.07) is 0. The first kappa shape index (κ1) is 10.6. The number of sulfone groups is 1. The Morgan fingerprint density at radius 2 is 2.33 bits per heavy atom. The van der Waals surface area contributed by atoms with Crippen molar-refractivity contribution in [1.82, 2.24) is 4.98 Å². The smallest absolute Gasteiger partial charge is 0.208 e. The van der Waals surface area contributed by atoms with E-state index in [1.165, 1.54) is 6.20 Å². The maximum atomic E-state index is 11.8. The Balaban J connectivity index is 2.29. The topological polar surface area (TPSA) is 86.2 Å². The van der Waals surface area contributed by atoms with E-state index in [-0.39, 0.29) is 12.3 Å². The van der Waals surface area contributed by atoms with E-state index in [2.05, 4.69) is 4.98 Å². The van der Waals surface area contributed by atoms with Gasteiger partial charge in [0.15, 0.2) is 9.84 Å². The zero-order valence-electron chi connectivity index (χ0n) is 8.35. The minimum absolute atomic E-state index is 0.201. The second-order valence-electron chi connectivity index (χ2n) is 3.71. The number of rotatable bonds is 2. The number of hydrogen-bond acceptors (Lipinski definition) is 5. The molecule has 1 aromatic rings. The summed E-state index contributed by atoms with van der Waals surface area (Å²) < 4.78 is 28.8. The lowest BCUT2D eigenvalue weighted by molar-refractivity contribution is 0.431. The van der Waals surface area contributed by atoms with Gasteiger partial charge in [0.2, 0.25) is 5.89 Å². The van der Waals surface area contributed by atoms with Crippen molar-refractivity contribution in [3.8, 4) is 0 Å². The molecule has 1 aliphatic heterocycles. The summed E-state index contributed by atoms with van der Waals surface area (Å²) in [5.74, 6) is 1.08. The Bertz CT molecular complexity index is 438. The first-order valence-electron chi connectivity index (χ1n) is 5.00. The largest absolute Gasteiger partial charge is 0.443 e. The van der Waals surface area contributed by atoms with Crippen molar-refractivity contribution in [1.29, 1.82) is 0 Å². The molecule has 2 rings (SSSR count). The van der Waals surface area contributed by atoms with Gasteiger partial charge >= 0.3 is 0 Å². The zero-order chi connectivity index (χ0) is 10.9. The van der Waals surface area contributed by atoms with Crippen LogP contribution in [0.25, 0.3) is 0 Å². The fourth-order valence-electron chi connectivity index (χ4n) is 1.84. The number of nitrogens with zero attached hydrogens (tertiary/aromatic N) is 1. The van der Waals surface area contributed by atoms with Crippen LogP contribution in [0.1, 0.15) is 36.2 Å². The first-order valence-corrected chi connectivity index (χ1v) is 6.71. The molecule has 2 heterocycles. The van der Waals surface area contributed by atoms with Crippen LogP contribution < -0.4 is 5.73 Å². The number of nitrogens with two attached hydrogens (primary N) is 1. The predicted octanol–water partition coefficient (Wildman–Crippen LogP) is 0.773. The molecule has 15 heavy (non-hydrogen) atoms. The molecular weight excluding hydrogens is 216 g/mol. The van der Waals surface area contributed by atoms with Gasteiger partial charge in [-0.15, -0.1) is 0 Å². The lowest BCUT2D eigenvalue weighted by Gasteiger charge is -2.19. The first-order chi connectivity index (χ1) is 7.13. The maximum absolute atomic E-state index is 11.8. The standard InChI is InChI=1S/C9H14N2O3S/c10-5-9-11-6-7(14-9)8-3-1-2-4-15(8,12)13/h6,8H,1-5,10H2. The summed E-state index contributed by atoms with van der Waals surface area (Å²) in [6.07, 6.45) is 3.77. The highest BCUT2D eigenvalue weighted by atomic mass is 32.2. The SMILES string of the molecule is NCc1ncc(C2CCCCS2(=O)=O)o1. The van der Waals surface area contributed by atoms with Crippen LogP contribution in [0.15, 0.2) is 10.6 Å². The molecule has 84 valence electrons. The summed E-state index contributed by atoms with van der Waals surface area (Å²) in [4.78, 5) is 3.92. The Hall–Kier alpha value is -0.880. The zero-order valence-corrected chi connectivity index (χ0v) is 9.16. The molecule has 0 amide bonds. The van der Waals surface area contributed by atoms with Crippen LogP contribution in [0.3, 0.4) is 0 Å². The van der Waals surface area contributed by atoms with E-state index in [9.17, 15) is 8.42 Å². The molecule has 1 saturated heterocycles. The van der Waals surface area contributed by atoms with Crippen molar-refractivity contribution in [3.05, 3.63) is 17.8 Å². The van der Waals surface area contributed by atoms with E-state index < -0.39 is 15.1 Å². The number of aromatic nitrogens is 1. The number of hydrogen-bond donors (Lipinski definition) is 1. The van der Waals surface area contributed by atoms with Crippen molar-refractivity contribution in [3.63, 3.8) is 0 Å². The van der Waals surface area contributed by atoms with Gasteiger partial charge < -0.3 is 10.2 Å². The molecular formula is C9H14N2O3S. The monoisotopic (exact) mass is 230 g/mol. The molecule has 2 N–H and O–H groups in total. The van der Waals surface area contributed by atoms with Crippen molar-refractivity contribution in [2.45, 2.75) is 31.1 Å². The van der Waals surface area contributed by atoms with Crippen LogP contribution in [-0.4, -0.2) is 19.2 Å². The van der Waals surface area contributed by atoms with Crippen LogP contribution in [0.4, 0.5) is 0 Å². The van der Waals surface area contributed by atoms with E-state index >= 15 is 0 Å². The average Bonchev–Trinajstić information content (AvgIpc) is 2.65. The Labute approximate surface area is 88.6 Å². The molecule has 1 fully saturated rings. The molecule has 5 nitrogen and oxygen atoms in total. The highest BCUT2D eigenvalue weighted by Gasteiger charge is 2.32. The second-order valence-corrected chi connectivity index (χ2v) is 6.01. The van der Waals surface area contributed by atoms with Crippen LogP contribution >= 0.6 is 0 Å². The molecule has 0 radical (unpaired) electrons. The van der Waals surface area contributed by atoms with E-state index in [1.54, 1.807) is 0 Å². The summed E-state index contributed by atoms with van der Waals surface area (Å²) >= 11 is 0. The molecule has 0 spiro atoms. The molecule has 1 aliphatic rings. The van der Waals surface area contributed by atoms with Crippen LogP contribution in [-0.2, 0) is 16.4 Å². The van der Waals surface area contributed by atoms with Gasteiger partial charge in [-0.2, -0.15) is 0 Å². The van der Waals surface area contributed by atoms with Gasteiger partial charge in [-0.25, -0.2) is 13.4 Å². The molecule has 1 aromatic heterocycles. The minimum atomic E-state index is -3.05. The van der Waals surface area contributed by atoms with Crippen LogP contribution in [0.5, 0.6) is 0 Å². The molecule has 1 unspecified atom stereocenters. The van der Waals surface area contributed by atoms with Gasteiger partial charge in [0.05, 0.1) is 18.5 Å². The van der Waals surface area contributed by atoms with Gasteiger partial charge in [0.1, 0.15) is 11.0 Å². The summed E-state index contributed by atoms with van der Waals surface area (Å²) in [7, 11) is -3.05. The Kier molecular flexibility index (Phi) is 2.79. The highest BCUT2D eigenvalue weighted by molar-refractivity contribution is 7.91. The normalized spacial score (nSPS) is 25.3. The highest BCUT2D eigenvalue weighted by Crippen LogP contribution is 2.33. The van der Waals surface area contributed by atoms with Gasteiger partial charge in [0, 0.05) is 0 Å². The van der Waals surface area contributed by atoms with E-state index in [1.807, 2.05) is 0 Å². The van der Waals surface area contributed by atoms with Crippen LogP contribution in [0.2, 0.25) is 0 Å². The predicted molar refractivity (Wildman–Crippen MR) is 54.8 cm³/mol. The molecule has 6 heteroatoms. The molecule has 0 saturated carbocycles. The second kappa shape index (κ2) is 3.94.